The average Bonchev–Trinajstić information content (AvgIpc) is 3.47. The highest BCUT2D eigenvalue weighted by Gasteiger charge is 2.49. The van der Waals surface area contributed by atoms with Crippen molar-refractivity contribution in [2.75, 3.05) is 24.6 Å². The van der Waals surface area contributed by atoms with Crippen molar-refractivity contribution in [3.63, 3.8) is 0 Å². The maximum Gasteiger partial charge on any atom is 0.240 e. The number of sulfone groups is 1. The van der Waals surface area contributed by atoms with Crippen molar-refractivity contribution in [2.45, 2.75) is 78.8 Å². The second-order valence-corrected chi connectivity index (χ2v) is 14.1. The van der Waals surface area contributed by atoms with Gasteiger partial charge in [0, 0.05) is 31.6 Å². The molecular formula is C25H31ClN4O4S2. The molecular weight excluding hydrogens is 520 g/mol. The van der Waals surface area contributed by atoms with Gasteiger partial charge in [0.2, 0.25) is 11.8 Å². The Morgan fingerprint density at radius 2 is 1.92 bits per heavy atom. The van der Waals surface area contributed by atoms with Crippen LogP contribution in [-0.2, 0) is 19.4 Å². The molecule has 4 aliphatic rings. The number of benzene rings is 1. The quantitative estimate of drug-likeness (QED) is 0.555. The normalized spacial score (nSPS) is 28.2. The van der Waals surface area contributed by atoms with Crippen LogP contribution in [0.25, 0.3) is 0 Å². The predicted molar refractivity (Wildman–Crippen MR) is 138 cm³/mol. The molecule has 4 fully saturated rings. The van der Waals surface area contributed by atoms with Crippen molar-refractivity contribution in [1.29, 1.82) is 5.26 Å². The number of halogens is 1. The average molecular weight is 551 g/mol. The van der Waals surface area contributed by atoms with E-state index in [0.29, 0.717) is 18.9 Å². The van der Waals surface area contributed by atoms with Crippen LogP contribution in [0.2, 0.25) is 5.02 Å². The van der Waals surface area contributed by atoms with Crippen LogP contribution in [0, 0.1) is 11.3 Å². The fourth-order valence-electron chi connectivity index (χ4n) is 5.66. The largest absolute Gasteiger partial charge is 0.338 e. The minimum absolute atomic E-state index is 0.0174. The topological polar surface area (TPSA) is 111 Å². The number of nitriles is 1. The summed E-state index contributed by atoms with van der Waals surface area (Å²) in [6.45, 7) is 0.912. The van der Waals surface area contributed by atoms with Crippen LogP contribution in [0.4, 0.5) is 0 Å². The minimum Gasteiger partial charge on any atom is -0.338 e. The van der Waals surface area contributed by atoms with E-state index in [1.54, 1.807) is 23.1 Å². The second-order valence-electron chi connectivity index (χ2n) is 10.3. The molecule has 5 rings (SSSR count). The Morgan fingerprint density at radius 3 is 2.53 bits per heavy atom. The van der Waals surface area contributed by atoms with Crippen molar-refractivity contribution in [3.05, 3.63) is 29.3 Å². The molecule has 11 heteroatoms. The molecule has 0 spiro atoms. The van der Waals surface area contributed by atoms with Gasteiger partial charge in [-0.25, -0.2) is 8.42 Å². The van der Waals surface area contributed by atoms with E-state index in [2.05, 4.69) is 16.3 Å². The molecule has 194 valence electrons. The standard InChI is InChI=1S/C25H31ClN4O4S2/c26-20-3-1-2-4-22(20)36(33,34)19-13-18(14-23(31)28-25(16-27)8-9-25)30(15-19)24(32)21-5-10-29(21)17-6-11-35-12-7-17/h1-4,17-19,21H,5-15H2,(H,28,31)/t18-,19-,21?/m1/s1. The number of hydrogen-bond acceptors (Lipinski definition) is 7. The minimum atomic E-state index is -3.81. The lowest BCUT2D eigenvalue weighted by Gasteiger charge is -2.48. The summed E-state index contributed by atoms with van der Waals surface area (Å²) >= 11 is 8.17. The van der Waals surface area contributed by atoms with Crippen LogP contribution in [0.1, 0.15) is 44.9 Å². The molecule has 1 unspecified atom stereocenters. The Labute approximate surface area is 221 Å². The lowest BCUT2D eigenvalue weighted by Crippen LogP contribution is -2.61. The first-order valence-electron chi connectivity index (χ1n) is 12.6. The molecule has 0 aromatic heterocycles. The number of carbonyl (C=O) groups is 2. The molecule has 1 N–H and O–H groups in total. The zero-order valence-electron chi connectivity index (χ0n) is 20.1. The fourth-order valence-corrected chi connectivity index (χ4v) is 9.00. The molecule has 0 bridgehead atoms. The van der Waals surface area contributed by atoms with Crippen LogP contribution in [0.5, 0.6) is 0 Å². The number of hydrogen-bond donors (Lipinski definition) is 1. The van der Waals surface area contributed by atoms with Crippen molar-refractivity contribution < 1.29 is 18.0 Å². The van der Waals surface area contributed by atoms with Crippen LogP contribution in [-0.4, -0.2) is 83.5 Å². The molecule has 3 saturated heterocycles. The van der Waals surface area contributed by atoms with Gasteiger partial charge in [-0.15, -0.1) is 0 Å². The summed E-state index contributed by atoms with van der Waals surface area (Å²) in [7, 11) is -3.81. The molecule has 36 heavy (non-hydrogen) atoms. The van der Waals surface area contributed by atoms with E-state index in [4.69, 9.17) is 11.6 Å². The third-order valence-electron chi connectivity index (χ3n) is 8.01. The Bertz CT molecular complexity index is 1180. The summed E-state index contributed by atoms with van der Waals surface area (Å²) in [6, 6.07) is 8.07. The third-order valence-corrected chi connectivity index (χ3v) is 11.7. The number of rotatable bonds is 7. The number of nitrogens with zero attached hydrogens (tertiary/aromatic N) is 3. The molecule has 3 heterocycles. The lowest BCUT2D eigenvalue weighted by atomic mass is 9.95. The second kappa shape index (κ2) is 10.2. The fraction of sp³-hybridized carbons (Fsp3) is 0.640. The maximum absolute atomic E-state index is 13.8. The summed E-state index contributed by atoms with van der Waals surface area (Å²) in [5, 5.41) is 11.4. The molecule has 0 radical (unpaired) electrons. The van der Waals surface area contributed by atoms with Crippen LogP contribution < -0.4 is 5.32 Å². The predicted octanol–water partition coefficient (Wildman–Crippen LogP) is 2.62. The van der Waals surface area contributed by atoms with Gasteiger partial charge in [-0.2, -0.15) is 17.0 Å². The third kappa shape index (κ3) is 5.00. The molecule has 1 aliphatic carbocycles. The first-order valence-corrected chi connectivity index (χ1v) is 15.7. The van der Waals surface area contributed by atoms with E-state index in [-0.39, 0.29) is 47.2 Å². The zero-order valence-corrected chi connectivity index (χ0v) is 22.5. The van der Waals surface area contributed by atoms with Gasteiger partial charge in [0.15, 0.2) is 9.84 Å². The van der Waals surface area contributed by atoms with Crippen molar-refractivity contribution in [3.8, 4) is 6.07 Å². The SMILES string of the molecule is N#CC1(NC(=O)C[C@H]2C[C@@H](S(=O)(=O)c3ccccc3Cl)CN2C(=O)C2CCN2C2CCSCC2)CC1. The van der Waals surface area contributed by atoms with Gasteiger partial charge in [0.05, 0.1) is 27.3 Å². The number of carbonyl (C=O) groups excluding carboxylic acids is 2. The Kier molecular flexibility index (Phi) is 7.29. The van der Waals surface area contributed by atoms with Gasteiger partial charge >= 0.3 is 0 Å². The number of thioether (sulfide) groups is 1. The van der Waals surface area contributed by atoms with Crippen LogP contribution in [0.15, 0.2) is 29.2 Å². The van der Waals surface area contributed by atoms with Crippen LogP contribution in [0.3, 0.4) is 0 Å². The van der Waals surface area contributed by atoms with Crippen molar-refractivity contribution >= 4 is 45.0 Å². The molecule has 3 aliphatic heterocycles. The number of nitrogens with one attached hydrogen (secondary N) is 1. The molecule has 2 amide bonds. The molecule has 1 saturated carbocycles. The van der Waals surface area contributed by atoms with E-state index < -0.39 is 26.7 Å². The summed E-state index contributed by atoms with van der Waals surface area (Å²) in [5.74, 6) is 1.78. The zero-order chi connectivity index (χ0) is 25.5. The first-order chi connectivity index (χ1) is 17.2. The Balaban J connectivity index is 1.36. The Morgan fingerprint density at radius 1 is 1.19 bits per heavy atom. The molecule has 1 aromatic carbocycles. The highest BCUT2D eigenvalue weighted by atomic mass is 35.5. The van der Waals surface area contributed by atoms with E-state index in [0.717, 1.165) is 37.3 Å². The number of amides is 2. The summed E-state index contributed by atoms with van der Waals surface area (Å²) in [5.41, 5.74) is -0.808. The van der Waals surface area contributed by atoms with Gasteiger partial charge in [0.1, 0.15) is 5.54 Å². The molecule has 8 nitrogen and oxygen atoms in total. The van der Waals surface area contributed by atoms with Crippen molar-refractivity contribution in [2.24, 2.45) is 0 Å². The van der Waals surface area contributed by atoms with E-state index in [9.17, 15) is 23.3 Å². The van der Waals surface area contributed by atoms with Gasteiger partial charge in [-0.05, 0) is 62.2 Å². The highest BCUT2D eigenvalue weighted by molar-refractivity contribution is 7.99. The monoisotopic (exact) mass is 550 g/mol. The summed E-state index contributed by atoms with van der Waals surface area (Å²) < 4.78 is 27.1. The smallest absolute Gasteiger partial charge is 0.240 e. The first kappa shape index (κ1) is 25.8. The van der Waals surface area contributed by atoms with E-state index in [1.165, 1.54) is 6.07 Å². The van der Waals surface area contributed by atoms with E-state index >= 15 is 0 Å². The maximum atomic E-state index is 13.8. The van der Waals surface area contributed by atoms with Gasteiger partial charge in [-0.1, -0.05) is 23.7 Å². The molecule has 3 atom stereocenters. The summed E-state index contributed by atoms with van der Waals surface area (Å²) in [6.07, 6.45) is 4.23. The molecule has 1 aromatic rings. The van der Waals surface area contributed by atoms with Gasteiger partial charge in [-0.3, -0.25) is 14.5 Å². The Hall–Kier alpha value is -1.80. The van der Waals surface area contributed by atoms with Crippen LogP contribution >= 0.6 is 23.4 Å². The van der Waals surface area contributed by atoms with Crippen molar-refractivity contribution in [1.82, 2.24) is 15.1 Å². The number of likely N-dealkylation sites (tertiary alicyclic amines) is 2. The summed E-state index contributed by atoms with van der Waals surface area (Å²) in [4.78, 5) is 30.6. The van der Waals surface area contributed by atoms with Gasteiger partial charge < -0.3 is 10.2 Å². The van der Waals surface area contributed by atoms with Gasteiger partial charge in [0.25, 0.3) is 0 Å². The highest BCUT2D eigenvalue weighted by Crippen LogP contribution is 2.37. The van der Waals surface area contributed by atoms with E-state index in [1.807, 2.05) is 11.8 Å². The lowest BCUT2D eigenvalue weighted by molar-refractivity contribution is -0.145.